The van der Waals surface area contributed by atoms with Crippen molar-refractivity contribution in [3.63, 3.8) is 0 Å². The summed E-state index contributed by atoms with van der Waals surface area (Å²) < 4.78 is 1.11. The normalized spacial score (nSPS) is 9.62. The highest BCUT2D eigenvalue weighted by Gasteiger charge is 2.15. The van der Waals surface area contributed by atoms with Crippen LogP contribution in [-0.4, -0.2) is 11.0 Å². The third kappa shape index (κ3) is 2.28. The van der Waals surface area contributed by atoms with Crippen molar-refractivity contribution in [3.05, 3.63) is 21.6 Å². The average Bonchev–Trinajstić information content (AvgIpc) is 2.50. The number of nitro groups is 1. The lowest BCUT2D eigenvalue weighted by Gasteiger charge is -2.06. The summed E-state index contributed by atoms with van der Waals surface area (Å²) in [7, 11) is 0. The van der Waals surface area contributed by atoms with Gasteiger partial charge in [0, 0.05) is 5.38 Å². The van der Waals surface area contributed by atoms with Crippen LogP contribution < -0.4 is 8.85 Å². The minimum absolute atomic E-state index is 0.0158. The highest BCUT2D eigenvalue weighted by molar-refractivity contribution is 14.1. The molecule has 0 aliphatic rings. The molecule has 0 aliphatic heterocycles. The van der Waals surface area contributed by atoms with Gasteiger partial charge in [-0.15, -0.1) is 0 Å². The Labute approximate surface area is 91.0 Å². The summed E-state index contributed by atoms with van der Waals surface area (Å²) in [5, 5.41) is 11.8. The van der Waals surface area contributed by atoms with Crippen molar-refractivity contribution >= 4 is 50.9 Å². The predicted octanol–water partition coefficient (Wildman–Crippen LogP) is 1.89. The Bertz CT molecular complexity index is 353. The van der Waals surface area contributed by atoms with Gasteiger partial charge in [-0.2, -0.15) is 0 Å². The number of amides is 2. The van der Waals surface area contributed by atoms with Crippen molar-refractivity contribution in [1.29, 1.82) is 0 Å². The number of hydrogen-bond donors (Lipinski definition) is 1. The van der Waals surface area contributed by atoms with Crippen molar-refractivity contribution in [2.45, 2.75) is 0 Å². The summed E-state index contributed by atoms with van der Waals surface area (Å²) in [6.45, 7) is 0. The maximum absolute atomic E-state index is 10.7. The van der Waals surface area contributed by atoms with E-state index in [9.17, 15) is 14.9 Å². The molecule has 0 radical (unpaired) electrons. The summed E-state index contributed by atoms with van der Waals surface area (Å²) in [4.78, 5) is 20.4. The van der Waals surface area contributed by atoms with Gasteiger partial charge in [0.15, 0.2) is 0 Å². The highest BCUT2D eigenvalue weighted by Crippen LogP contribution is 2.30. The van der Waals surface area contributed by atoms with E-state index >= 15 is 0 Å². The van der Waals surface area contributed by atoms with Crippen LogP contribution in [-0.2, 0) is 0 Å². The summed E-state index contributed by atoms with van der Waals surface area (Å²) in [6.07, 6.45) is 0. The van der Waals surface area contributed by atoms with Gasteiger partial charge in [-0.3, -0.25) is 10.1 Å². The van der Waals surface area contributed by atoms with Gasteiger partial charge in [-0.25, -0.2) is 7.91 Å². The molecule has 0 spiro atoms. The quantitative estimate of drug-likeness (QED) is 0.391. The maximum Gasteiger partial charge on any atom is 0.328 e. The molecule has 1 aromatic rings. The van der Waals surface area contributed by atoms with E-state index in [0.29, 0.717) is 5.69 Å². The van der Waals surface area contributed by atoms with Crippen molar-refractivity contribution in [2.24, 2.45) is 5.73 Å². The number of nitrogens with two attached hydrogens (primary N) is 1. The molecule has 0 saturated heterocycles. The molecule has 70 valence electrons. The Morgan fingerprint density at radius 3 is 2.77 bits per heavy atom. The number of carbonyl (C=O) groups is 1. The first-order valence-corrected chi connectivity index (χ1v) is 4.85. The predicted molar refractivity (Wildman–Crippen MR) is 57.1 cm³/mol. The van der Waals surface area contributed by atoms with Crippen LogP contribution in [0.25, 0.3) is 0 Å². The summed E-state index contributed by atoms with van der Waals surface area (Å²) in [5.41, 5.74) is 5.39. The van der Waals surface area contributed by atoms with Crippen LogP contribution >= 0.6 is 34.2 Å². The van der Waals surface area contributed by atoms with Gasteiger partial charge < -0.3 is 5.73 Å². The highest BCUT2D eigenvalue weighted by atomic mass is 127. The Morgan fingerprint density at radius 2 is 2.38 bits per heavy atom. The molecule has 1 rings (SSSR count). The molecule has 1 heterocycles. The molecule has 1 aromatic heterocycles. The van der Waals surface area contributed by atoms with Gasteiger partial charge in [0.05, 0.1) is 39.5 Å². The number of carbonyl (C=O) groups excluding carboxylic acids is 1. The Morgan fingerprint density at radius 1 is 1.77 bits per heavy atom. The van der Waals surface area contributed by atoms with Gasteiger partial charge in [-0.05, 0) is 0 Å². The third-order valence-electron chi connectivity index (χ3n) is 1.17. The number of halogens is 1. The Hall–Kier alpha value is -0.900. The number of rotatable bonds is 2. The van der Waals surface area contributed by atoms with E-state index < -0.39 is 11.0 Å². The van der Waals surface area contributed by atoms with Gasteiger partial charge in [0.2, 0.25) is 0 Å². The molecular formula is C5H4IN3O3S. The second-order valence-corrected chi connectivity index (χ2v) is 3.87. The van der Waals surface area contributed by atoms with E-state index in [0.717, 1.165) is 14.5 Å². The molecule has 8 heteroatoms. The zero-order valence-corrected chi connectivity index (χ0v) is 9.11. The number of primary amides is 1. The zero-order chi connectivity index (χ0) is 10.0. The smallest absolute Gasteiger partial charge is 0.328 e. The van der Waals surface area contributed by atoms with Crippen LogP contribution in [0.2, 0.25) is 0 Å². The minimum atomic E-state index is -0.659. The first kappa shape index (κ1) is 10.2. The fraction of sp³-hybridized carbons (Fsp3) is 0. The lowest BCUT2D eigenvalue weighted by molar-refractivity contribution is -0.380. The first-order chi connectivity index (χ1) is 6.02. The van der Waals surface area contributed by atoms with Gasteiger partial charge in [0.25, 0.3) is 0 Å². The monoisotopic (exact) mass is 313 g/mol. The molecule has 0 aliphatic carbocycles. The number of urea groups is 1. The molecular weight excluding hydrogens is 309 g/mol. The van der Waals surface area contributed by atoms with Crippen LogP contribution in [0.1, 0.15) is 0 Å². The van der Waals surface area contributed by atoms with Crippen molar-refractivity contribution in [1.82, 2.24) is 0 Å². The summed E-state index contributed by atoms with van der Waals surface area (Å²) in [5.74, 6) is 0. The van der Waals surface area contributed by atoms with E-state index in [-0.39, 0.29) is 5.00 Å². The van der Waals surface area contributed by atoms with Crippen LogP contribution in [0, 0.1) is 10.1 Å². The lowest BCUT2D eigenvalue weighted by Crippen LogP contribution is -2.25. The van der Waals surface area contributed by atoms with E-state index in [1.807, 2.05) is 0 Å². The molecule has 0 unspecified atom stereocenters. The van der Waals surface area contributed by atoms with E-state index in [1.165, 1.54) is 11.4 Å². The van der Waals surface area contributed by atoms with Crippen molar-refractivity contribution in [2.75, 3.05) is 3.11 Å². The number of hydrogen-bond acceptors (Lipinski definition) is 4. The van der Waals surface area contributed by atoms with Crippen molar-refractivity contribution < 1.29 is 9.72 Å². The Balaban J connectivity index is 2.91. The third-order valence-corrected chi connectivity index (χ3v) is 3.07. The Kier molecular flexibility index (Phi) is 3.03. The van der Waals surface area contributed by atoms with Gasteiger partial charge >= 0.3 is 11.0 Å². The number of nitrogens with zero attached hydrogens (tertiary/aromatic N) is 2. The molecule has 2 amide bonds. The van der Waals surface area contributed by atoms with Crippen LogP contribution in [0.4, 0.5) is 15.5 Å². The molecule has 13 heavy (non-hydrogen) atoms. The van der Waals surface area contributed by atoms with E-state index in [1.54, 1.807) is 22.9 Å². The van der Waals surface area contributed by atoms with Crippen LogP contribution in [0.15, 0.2) is 11.4 Å². The summed E-state index contributed by atoms with van der Waals surface area (Å²) >= 11 is 2.63. The van der Waals surface area contributed by atoms with Crippen molar-refractivity contribution in [3.8, 4) is 0 Å². The fourth-order valence-electron chi connectivity index (χ4n) is 0.641. The van der Waals surface area contributed by atoms with Gasteiger partial charge in [-0.1, -0.05) is 11.3 Å². The number of thiophene rings is 1. The molecule has 0 atom stereocenters. The average molecular weight is 313 g/mol. The van der Waals surface area contributed by atoms with Crippen LogP contribution in [0.3, 0.4) is 0 Å². The molecule has 6 nitrogen and oxygen atoms in total. The SMILES string of the molecule is NC(=O)N(I)c1csc([N+](=O)[O-])c1. The van der Waals surface area contributed by atoms with E-state index in [4.69, 9.17) is 5.73 Å². The first-order valence-electron chi connectivity index (χ1n) is 3.00. The summed E-state index contributed by atoms with van der Waals surface area (Å²) in [6, 6.07) is 0.635. The molecule has 0 aromatic carbocycles. The fourth-order valence-corrected chi connectivity index (χ4v) is 1.80. The van der Waals surface area contributed by atoms with Crippen LogP contribution in [0.5, 0.6) is 0 Å². The topological polar surface area (TPSA) is 89.5 Å². The zero-order valence-electron chi connectivity index (χ0n) is 6.14. The second kappa shape index (κ2) is 3.87. The molecule has 0 fully saturated rings. The standard InChI is InChI=1S/C5H4IN3O3S/c6-8(5(7)10)3-1-4(9(11)12)13-2-3/h1-2H,(H2,7,10). The molecule has 0 saturated carbocycles. The minimum Gasteiger partial charge on any atom is -0.351 e. The molecule has 0 bridgehead atoms. The molecule has 2 N–H and O–H groups in total. The largest absolute Gasteiger partial charge is 0.351 e. The second-order valence-electron chi connectivity index (χ2n) is 2.02. The number of anilines is 1. The van der Waals surface area contributed by atoms with E-state index in [2.05, 4.69) is 0 Å². The van der Waals surface area contributed by atoms with Gasteiger partial charge in [0.1, 0.15) is 0 Å². The maximum atomic E-state index is 10.7. The lowest BCUT2D eigenvalue weighted by atomic mass is 10.5.